The quantitative estimate of drug-likeness (QED) is 0.396. The molecule has 2 unspecified atom stereocenters. The van der Waals surface area contributed by atoms with Gasteiger partial charge in [-0.05, 0) is 78.9 Å². The van der Waals surface area contributed by atoms with E-state index in [1.807, 2.05) is 24.3 Å². The van der Waals surface area contributed by atoms with Crippen LogP contribution in [0.3, 0.4) is 0 Å². The van der Waals surface area contributed by atoms with E-state index in [1.54, 1.807) is 42.7 Å². The van der Waals surface area contributed by atoms with Crippen molar-refractivity contribution in [2.45, 2.75) is 30.6 Å². The summed E-state index contributed by atoms with van der Waals surface area (Å²) in [4.78, 5) is 17.4. The molecule has 1 aliphatic carbocycles. The van der Waals surface area contributed by atoms with Gasteiger partial charge in [-0.25, -0.2) is 5.43 Å². The molecule has 0 spiro atoms. The highest BCUT2D eigenvalue weighted by Gasteiger charge is 2.61. The predicted molar refractivity (Wildman–Crippen MR) is 137 cm³/mol. The molecule has 0 saturated heterocycles. The van der Waals surface area contributed by atoms with E-state index in [0.29, 0.717) is 11.6 Å². The van der Waals surface area contributed by atoms with Crippen molar-refractivity contribution in [1.29, 1.82) is 5.26 Å². The molecule has 3 aromatic rings. The number of benzene rings is 2. The van der Waals surface area contributed by atoms with Crippen LogP contribution in [0.5, 0.6) is 0 Å². The molecule has 194 valence electrons. The van der Waals surface area contributed by atoms with Crippen LogP contribution in [-0.4, -0.2) is 29.2 Å². The average Bonchev–Trinajstić information content (AvgIpc) is 3.62. The van der Waals surface area contributed by atoms with Crippen LogP contribution in [-0.2, 0) is 4.79 Å². The van der Waals surface area contributed by atoms with E-state index in [-0.39, 0.29) is 17.3 Å². The minimum absolute atomic E-state index is 0.231. The second-order valence-corrected chi connectivity index (χ2v) is 9.42. The van der Waals surface area contributed by atoms with Crippen LogP contribution in [0.4, 0.5) is 24.5 Å². The van der Waals surface area contributed by atoms with Crippen molar-refractivity contribution < 1.29 is 18.0 Å². The molecule has 1 aromatic heterocycles. The Labute approximate surface area is 218 Å². The maximum Gasteiger partial charge on any atom is 0.421 e. The smallest absolute Gasteiger partial charge is 0.324 e. The number of hydrogen-bond donors (Lipinski definition) is 3. The highest BCUT2D eigenvalue weighted by Crippen LogP contribution is 2.37. The standard InChI is InChI=1S/C28H25F3N6O/c29-28(30,31)27(11-13-37(36-27)24-8-1-4-20(14-24)16-32)26(38)35-23-7-2-5-21(15-23)25(34-17-19-9-10-19)22-6-3-12-33-18-22/h1-8,11-15,18-19,25,34,36H,9-10,17H2,(H,35,38). The Hall–Kier alpha value is -4.20. The van der Waals surface area contributed by atoms with Crippen molar-refractivity contribution in [3.8, 4) is 6.07 Å². The topological polar surface area (TPSA) is 93.1 Å². The summed E-state index contributed by atoms with van der Waals surface area (Å²) in [5, 5.41) is 16.2. The molecule has 38 heavy (non-hydrogen) atoms. The molecule has 7 nitrogen and oxygen atoms in total. The van der Waals surface area contributed by atoms with Gasteiger partial charge in [-0.2, -0.15) is 18.4 Å². The summed E-state index contributed by atoms with van der Waals surface area (Å²) in [6, 6.07) is 18.3. The monoisotopic (exact) mass is 518 g/mol. The van der Waals surface area contributed by atoms with E-state index in [9.17, 15) is 18.0 Å². The molecule has 2 heterocycles. The molecule has 5 rings (SSSR count). The maximum absolute atomic E-state index is 14.3. The molecule has 3 N–H and O–H groups in total. The number of anilines is 2. The molecule has 1 amide bonds. The van der Waals surface area contributed by atoms with Crippen molar-refractivity contribution in [3.63, 3.8) is 0 Å². The highest BCUT2D eigenvalue weighted by molar-refractivity contribution is 6.01. The van der Waals surface area contributed by atoms with Gasteiger partial charge in [0, 0.05) is 24.3 Å². The summed E-state index contributed by atoms with van der Waals surface area (Å²) in [5.41, 5.74) is 1.81. The van der Waals surface area contributed by atoms with Crippen LogP contribution in [0.1, 0.15) is 35.6 Å². The van der Waals surface area contributed by atoms with Gasteiger partial charge in [0.15, 0.2) is 0 Å². The SMILES string of the molecule is N#Cc1cccc(N2C=CC(C(=O)Nc3cccc(C(NCC4CC4)c4cccnc4)c3)(C(F)(F)F)N2)c1. The Bertz CT molecular complexity index is 1380. The number of aromatic nitrogens is 1. The van der Waals surface area contributed by atoms with Crippen molar-refractivity contribution in [3.05, 3.63) is 102 Å². The van der Waals surface area contributed by atoms with Crippen LogP contribution >= 0.6 is 0 Å². The Morgan fingerprint density at radius 1 is 1.16 bits per heavy atom. The van der Waals surface area contributed by atoms with Gasteiger partial charge in [0.05, 0.1) is 23.4 Å². The lowest BCUT2D eigenvalue weighted by molar-refractivity contribution is -0.183. The van der Waals surface area contributed by atoms with Gasteiger partial charge in [-0.3, -0.25) is 14.8 Å². The van der Waals surface area contributed by atoms with Crippen molar-refractivity contribution in [2.24, 2.45) is 5.92 Å². The molecular weight excluding hydrogens is 493 g/mol. The lowest BCUT2D eigenvalue weighted by atomic mass is 9.97. The Kier molecular flexibility index (Phi) is 6.89. The summed E-state index contributed by atoms with van der Waals surface area (Å²) in [6.45, 7) is 0.810. The fourth-order valence-electron chi connectivity index (χ4n) is 4.35. The van der Waals surface area contributed by atoms with Gasteiger partial charge < -0.3 is 10.6 Å². The third kappa shape index (κ3) is 5.25. The van der Waals surface area contributed by atoms with Crippen molar-refractivity contribution in [2.75, 3.05) is 16.9 Å². The number of amides is 1. The summed E-state index contributed by atoms with van der Waals surface area (Å²) >= 11 is 0. The Balaban J connectivity index is 1.39. The summed E-state index contributed by atoms with van der Waals surface area (Å²) in [6.07, 6.45) is 2.73. The Morgan fingerprint density at radius 2 is 1.95 bits per heavy atom. The number of hydrogen-bond acceptors (Lipinski definition) is 6. The third-order valence-corrected chi connectivity index (χ3v) is 6.63. The number of carbonyl (C=O) groups is 1. The second-order valence-electron chi connectivity index (χ2n) is 9.42. The largest absolute Gasteiger partial charge is 0.421 e. The van der Waals surface area contributed by atoms with E-state index in [0.717, 1.165) is 35.0 Å². The number of alkyl halides is 3. The third-order valence-electron chi connectivity index (χ3n) is 6.63. The molecule has 10 heteroatoms. The van der Waals surface area contributed by atoms with Crippen LogP contribution in [0.2, 0.25) is 0 Å². The first-order valence-corrected chi connectivity index (χ1v) is 12.2. The van der Waals surface area contributed by atoms with Crippen molar-refractivity contribution in [1.82, 2.24) is 15.7 Å². The van der Waals surface area contributed by atoms with E-state index < -0.39 is 17.6 Å². The van der Waals surface area contributed by atoms with Gasteiger partial charge in [0.2, 0.25) is 5.54 Å². The number of nitrogens with zero attached hydrogens (tertiary/aromatic N) is 3. The first-order valence-electron chi connectivity index (χ1n) is 12.2. The number of carbonyl (C=O) groups excluding carboxylic acids is 1. The minimum atomic E-state index is -4.95. The second kappa shape index (κ2) is 10.3. The normalized spacial score (nSPS) is 19.7. The fourth-order valence-corrected chi connectivity index (χ4v) is 4.35. The predicted octanol–water partition coefficient (Wildman–Crippen LogP) is 4.82. The van der Waals surface area contributed by atoms with Gasteiger partial charge in [-0.1, -0.05) is 24.3 Å². The summed E-state index contributed by atoms with van der Waals surface area (Å²) in [7, 11) is 0. The highest BCUT2D eigenvalue weighted by atomic mass is 19.4. The molecule has 1 aliphatic heterocycles. The zero-order chi connectivity index (χ0) is 26.8. The van der Waals surface area contributed by atoms with Gasteiger partial charge in [0.25, 0.3) is 5.91 Å². The van der Waals surface area contributed by atoms with Gasteiger partial charge in [-0.15, -0.1) is 0 Å². The molecular formula is C28H25F3N6O. The van der Waals surface area contributed by atoms with Gasteiger partial charge in [0.1, 0.15) is 0 Å². The van der Waals surface area contributed by atoms with Crippen LogP contribution in [0.25, 0.3) is 0 Å². The number of nitrogens with one attached hydrogen (secondary N) is 3. The zero-order valence-electron chi connectivity index (χ0n) is 20.2. The number of pyridine rings is 1. The average molecular weight is 519 g/mol. The van der Waals surface area contributed by atoms with E-state index in [2.05, 4.69) is 21.0 Å². The van der Waals surface area contributed by atoms with E-state index in [1.165, 1.54) is 25.0 Å². The lowest BCUT2D eigenvalue weighted by Gasteiger charge is -2.32. The fraction of sp³-hybridized carbons (Fsp3) is 0.250. The molecule has 0 radical (unpaired) electrons. The first-order chi connectivity index (χ1) is 18.3. The summed E-state index contributed by atoms with van der Waals surface area (Å²) in [5.74, 6) is -0.665. The van der Waals surface area contributed by atoms with Crippen molar-refractivity contribution >= 4 is 17.3 Å². The zero-order valence-corrected chi connectivity index (χ0v) is 20.2. The lowest BCUT2D eigenvalue weighted by Crippen LogP contribution is -2.63. The molecule has 1 fully saturated rings. The van der Waals surface area contributed by atoms with Crippen LogP contribution in [0.15, 0.2) is 85.3 Å². The number of nitriles is 1. The van der Waals surface area contributed by atoms with Crippen LogP contribution in [0, 0.1) is 17.2 Å². The van der Waals surface area contributed by atoms with Crippen LogP contribution < -0.4 is 21.1 Å². The molecule has 2 aliphatic rings. The molecule has 1 saturated carbocycles. The molecule has 2 atom stereocenters. The first kappa shape index (κ1) is 25.4. The number of rotatable bonds is 8. The van der Waals surface area contributed by atoms with E-state index >= 15 is 0 Å². The number of halogens is 3. The Morgan fingerprint density at radius 3 is 2.66 bits per heavy atom. The molecule has 0 bridgehead atoms. The van der Waals surface area contributed by atoms with E-state index in [4.69, 9.17) is 5.26 Å². The number of hydrazine groups is 1. The summed E-state index contributed by atoms with van der Waals surface area (Å²) < 4.78 is 43.0. The maximum atomic E-state index is 14.3. The van der Waals surface area contributed by atoms with Gasteiger partial charge >= 0.3 is 6.18 Å². The minimum Gasteiger partial charge on any atom is -0.324 e. The molecule has 2 aromatic carbocycles.